The number of rotatable bonds is 2. The van der Waals surface area contributed by atoms with Crippen LogP contribution in [0.4, 0.5) is 20.5 Å². The lowest BCUT2D eigenvalue weighted by molar-refractivity contribution is -0.0544. The zero-order valence-corrected chi connectivity index (χ0v) is 25.8. The second kappa shape index (κ2) is 11.2. The number of fused-ring (bicyclic) bond motifs is 4. The Morgan fingerprint density at radius 2 is 1.38 bits per heavy atom. The van der Waals surface area contributed by atoms with E-state index in [1.807, 2.05) is 0 Å². The molecule has 10 atom stereocenters. The first-order valence-corrected chi connectivity index (χ1v) is 18.3. The molecule has 25 heteroatoms. The molecule has 3 fully saturated rings. The van der Waals surface area contributed by atoms with Gasteiger partial charge in [-0.25, -0.2) is 37.8 Å². The van der Waals surface area contributed by atoms with Crippen molar-refractivity contribution in [3.05, 3.63) is 29.3 Å². The van der Waals surface area contributed by atoms with Gasteiger partial charge in [0.05, 0.1) is 25.9 Å². The van der Waals surface area contributed by atoms with Crippen LogP contribution in [-0.4, -0.2) is 89.0 Å². The minimum absolute atomic E-state index is 0.0381. The van der Waals surface area contributed by atoms with Gasteiger partial charge in [0.2, 0.25) is 5.95 Å². The van der Waals surface area contributed by atoms with Crippen LogP contribution in [0, 0.1) is 0 Å². The number of thiol groups is 2. The maximum atomic E-state index is 16.0. The Hall–Kier alpha value is -2.72. The van der Waals surface area contributed by atoms with E-state index < -0.39 is 81.6 Å². The molecule has 5 N–H and O–H groups in total. The smallest absolute Gasteiger partial charge is 0.382 e. The predicted octanol–water partition coefficient (Wildman–Crippen LogP) is 1.49. The van der Waals surface area contributed by atoms with Gasteiger partial charge in [-0.05, 0) is 0 Å². The van der Waals surface area contributed by atoms with Crippen LogP contribution in [0.3, 0.4) is 0 Å². The van der Waals surface area contributed by atoms with Gasteiger partial charge in [-0.15, -0.1) is 0 Å². The summed E-state index contributed by atoms with van der Waals surface area (Å²) in [5, 5.41) is 0. The highest BCUT2D eigenvalue weighted by Crippen LogP contribution is 2.60. The first kappa shape index (κ1) is 30.9. The van der Waals surface area contributed by atoms with E-state index >= 15 is 8.78 Å². The SMILES string of the molecule is Nc1nc2c(ncn2[C@@H]2O[C@@H]3CO[P@@](=O)(S)O[C@@H]4C(CO[P@](=O)(S)O[C@H]3[C@H]2F)O[C@@H](n2cnc3c(N)ncnc32)[C@@H]4F)c(=O)[nH]1. The largest absolute Gasteiger partial charge is 0.386 e. The van der Waals surface area contributed by atoms with Gasteiger partial charge in [0.1, 0.15) is 36.3 Å². The van der Waals surface area contributed by atoms with E-state index in [9.17, 15) is 13.9 Å². The molecule has 0 aliphatic carbocycles. The molecule has 1 unspecified atom stereocenters. The Kier molecular flexibility index (Phi) is 7.70. The van der Waals surface area contributed by atoms with Crippen molar-refractivity contribution in [1.29, 1.82) is 0 Å². The molecule has 0 saturated carbocycles. The molecule has 3 aliphatic heterocycles. The number of nitrogens with two attached hydrogens (primary N) is 2. The number of aromatic nitrogens is 8. The number of nitrogens with zero attached hydrogens (tertiary/aromatic N) is 7. The molecule has 19 nitrogen and oxygen atoms in total. The van der Waals surface area contributed by atoms with Gasteiger partial charge in [0.25, 0.3) is 5.56 Å². The quantitative estimate of drug-likeness (QED) is 0.146. The molecule has 7 rings (SSSR count). The second-order valence-corrected chi connectivity index (χ2v) is 15.8. The Labute approximate surface area is 259 Å². The number of nitrogens with one attached hydrogen (secondary N) is 1. The minimum atomic E-state index is -4.44. The van der Waals surface area contributed by atoms with Crippen molar-refractivity contribution < 1.29 is 45.5 Å². The Morgan fingerprint density at radius 3 is 1.96 bits per heavy atom. The van der Waals surface area contributed by atoms with Crippen LogP contribution in [-0.2, 0) is 36.7 Å². The summed E-state index contributed by atoms with van der Waals surface area (Å²) in [5.41, 5.74) is 10.8. The second-order valence-electron chi connectivity index (χ2n) is 10.0. The molecule has 0 radical (unpaired) electrons. The van der Waals surface area contributed by atoms with Gasteiger partial charge in [-0.2, -0.15) is 4.98 Å². The van der Waals surface area contributed by atoms with E-state index in [0.717, 1.165) is 17.2 Å². The van der Waals surface area contributed by atoms with Crippen LogP contribution < -0.4 is 17.0 Å². The predicted molar refractivity (Wildman–Crippen MR) is 155 cm³/mol. The number of imidazole rings is 2. The lowest BCUT2D eigenvalue weighted by Crippen LogP contribution is -2.36. The molecule has 4 aromatic rings. The van der Waals surface area contributed by atoms with Gasteiger partial charge in [0, 0.05) is 0 Å². The van der Waals surface area contributed by atoms with Crippen molar-refractivity contribution in [2.24, 2.45) is 0 Å². The summed E-state index contributed by atoms with van der Waals surface area (Å²) in [6, 6.07) is 0. The third-order valence-corrected chi connectivity index (χ3v) is 10.5. The third-order valence-electron chi connectivity index (χ3n) is 7.23. The van der Waals surface area contributed by atoms with Crippen molar-refractivity contribution in [3.63, 3.8) is 0 Å². The average Bonchev–Trinajstić information content (AvgIpc) is 3.72. The lowest BCUT2D eigenvalue weighted by atomic mass is 10.1. The molecule has 0 bridgehead atoms. The van der Waals surface area contributed by atoms with Crippen molar-refractivity contribution >= 4 is 72.2 Å². The molecule has 3 saturated heterocycles. The number of hydrogen-bond acceptors (Lipinski definition) is 16. The van der Waals surface area contributed by atoms with Crippen LogP contribution >= 0.6 is 38.1 Å². The Balaban J connectivity index is 1.17. The molecule has 0 spiro atoms. The highest BCUT2D eigenvalue weighted by molar-refractivity contribution is 8.44. The van der Waals surface area contributed by atoms with Crippen LogP contribution in [0.25, 0.3) is 22.3 Å². The number of ether oxygens (including phenoxy) is 2. The molecular formula is C20H22F2N10O9P2S2. The summed E-state index contributed by atoms with van der Waals surface area (Å²) in [7, 11) is 0. The number of anilines is 2. The van der Waals surface area contributed by atoms with E-state index in [-0.39, 0.29) is 34.1 Å². The van der Waals surface area contributed by atoms with Gasteiger partial charge in [-0.3, -0.25) is 37.0 Å². The molecule has 242 valence electrons. The highest BCUT2D eigenvalue weighted by atomic mass is 32.7. The first-order chi connectivity index (χ1) is 21.3. The summed E-state index contributed by atoms with van der Waals surface area (Å²) in [6.45, 7) is -10.3. The molecule has 7 heterocycles. The number of halogens is 2. The van der Waals surface area contributed by atoms with E-state index in [1.54, 1.807) is 0 Å². The third kappa shape index (κ3) is 5.53. The normalized spacial score (nSPS) is 37.7. The van der Waals surface area contributed by atoms with Crippen molar-refractivity contribution in [3.8, 4) is 0 Å². The average molecular weight is 711 g/mol. The summed E-state index contributed by atoms with van der Waals surface area (Å²) >= 11 is 7.94. The van der Waals surface area contributed by atoms with Crippen molar-refractivity contribution in [2.75, 3.05) is 24.7 Å². The van der Waals surface area contributed by atoms with E-state index in [4.69, 9.17) is 39.0 Å². The number of alkyl halides is 2. The van der Waals surface area contributed by atoms with Gasteiger partial charge in [-0.1, -0.05) is 24.5 Å². The van der Waals surface area contributed by atoms with Gasteiger partial charge < -0.3 is 20.9 Å². The standard InChI is InChI=1S/C20H22F2N10O9P2S2/c21-8-12-6(38-18(8)31-4-27-10-14(23)25-3-26-15(10)31)1-36-43(35,45)41-13-7(2-37-42(34,44)40-12)39-19(9(13)22)32-5-28-11-16(32)29-20(24)30-17(11)33/h3-9,12-13,18-19H,1-2H2,(H,34,44)(H,35,45)(H2,23,25,26)(H3,24,29,30,33)/t6?,7-,8-,9-,12-,13-,18-,19-,42-,43+/m1/s1. The number of nitrogen functional groups attached to an aromatic ring is 2. The molecule has 3 aliphatic rings. The van der Waals surface area contributed by atoms with E-state index in [1.165, 1.54) is 10.9 Å². The summed E-state index contributed by atoms with van der Waals surface area (Å²) < 4.78 is 94.2. The molecule has 4 aromatic heterocycles. The fourth-order valence-electron chi connectivity index (χ4n) is 5.25. The maximum absolute atomic E-state index is 16.0. The number of H-pyrrole nitrogens is 1. The molecular weight excluding hydrogens is 688 g/mol. The van der Waals surface area contributed by atoms with Crippen LogP contribution in [0.15, 0.2) is 23.8 Å². The fourth-order valence-corrected chi connectivity index (χ4v) is 8.21. The monoisotopic (exact) mass is 710 g/mol. The van der Waals surface area contributed by atoms with Crippen molar-refractivity contribution in [1.82, 2.24) is 39.0 Å². The number of hydrogen-bond donors (Lipinski definition) is 5. The fraction of sp³-hybridized carbons (Fsp3) is 0.500. The Bertz CT molecular complexity index is 1950. The van der Waals surface area contributed by atoms with Crippen molar-refractivity contribution in [2.45, 2.75) is 49.2 Å². The summed E-state index contributed by atoms with van der Waals surface area (Å²) in [4.78, 5) is 34.4. The highest BCUT2D eigenvalue weighted by Gasteiger charge is 2.54. The van der Waals surface area contributed by atoms with E-state index in [2.05, 4.69) is 54.4 Å². The molecule has 45 heavy (non-hydrogen) atoms. The molecule has 0 amide bonds. The van der Waals surface area contributed by atoms with E-state index in [0.29, 0.717) is 0 Å². The van der Waals surface area contributed by atoms with Crippen LogP contribution in [0.2, 0.25) is 0 Å². The minimum Gasteiger partial charge on any atom is -0.382 e. The van der Waals surface area contributed by atoms with Crippen LogP contribution in [0.5, 0.6) is 0 Å². The maximum Gasteiger partial charge on any atom is 0.386 e. The van der Waals surface area contributed by atoms with Crippen LogP contribution in [0.1, 0.15) is 12.5 Å². The zero-order chi connectivity index (χ0) is 31.8. The number of aromatic amines is 1. The molecule has 0 aromatic carbocycles. The summed E-state index contributed by atoms with van der Waals surface area (Å²) in [6.07, 6.45) is -9.92. The first-order valence-electron chi connectivity index (χ1n) is 12.9. The lowest BCUT2D eigenvalue weighted by Gasteiger charge is -2.28. The van der Waals surface area contributed by atoms with Gasteiger partial charge >= 0.3 is 13.6 Å². The Morgan fingerprint density at radius 1 is 0.844 bits per heavy atom. The summed E-state index contributed by atoms with van der Waals surface area (Å²) in [5.74, 6) is -0.231. The topological polar surface area (TPSA) is 249 Å². The zero-order valence-electron chi connectivity index (χ0n) is 22.3. The van der Waals surface area contributed by atoms with Gasteiger partial charge in [0.15, 0.2) is 47.4 Å².